The molecule has 0 heterocycles. The molecule has 0 aliphatic carbocycles. The first-order valence-corrected chi connectivity index (χ1v) is 16.4. The number of carbonyl (C=O) groups is 3. The summed E-state index contributed by atoms with van der Waals surface area (Å²) in [6, 6.07) is 16.4. The lowest BCUT2D eigenvalue weighted by Gasteiger charge is -2.13. The Bertz CT molecular complexity index is 1100. The van der Waals surface area contributed by atoms with E-state index in [4.69, 9.17) is 14.5 Å². The number of aliphatic carboxylic acids is 1. The summed E-state index contributed by atoms with van der Waals surface area (Å²) in [5.74, 6) is -2.00. The van der Waals surface area contributed by atoms with E-state index >= 15 is 0 Å². The number of carboxylic acids is 1. The second-order valence-corrected chi connectivity index (χ2v) is 11.2. The van der Waals surface area contributed by atoms with Crippen molar-refractivity contribution in [1.29, 1.82) is 0 Å². The highest BCUT2D eigenvalue weighted by Crippen LogP contribution is 2.17. The summed E-state index contributed by atoms with van der Waals surface area (Å²) in [6.45, 7) is 2.92. The van der Waals surface area contributed by atoms with Crippen LogP contribution in [0.1, 0.15) is 118 Å². The average Bonchev–Trinajstić information content (AvgIpc) is 3.05. The molecule has 0 radical (unpaired) electrons. The maximum Gasteiger partial charge on any atom is 0.304 e. The van der Waals surface area contributed by atoms with Crippen molar-refractivity contribution in [2.75, 3.05) is 13.2 Å². The summed E-state index contributed by atoms with van der Waals surface area (Å²) in [5.41, 5.74) is 2.17. The molecule has 0 saturated carbocycles. The van der Waals surface area contributed by atoms with Gasteiger partial charge in [0.2, 0.25) is 5.91 Å². The first-order valence-electron chi connectivity index (χ1n) is 16.4. The molecule has 2 aromatic rings. The number of unbranched alkanes of at least 4 members (excludes halogenated alkanes) is 11. The Labute approximate surface area is 268 Å². The monoisotopic (exact) mass is 625 g/mol. The third kappa shape index (κ3) is 18.1. The molecule has 1 unspecified atom stereocenters. The summed E-state index contributed by atoms with van der Waals surface area (Å²) >= 11 is 0. The van der Waals surface area contributed by atoms with Gasteiger partial charge in [-0.1, -0.05) is 139 Å². The van der Waals surface area contributed by atoms with Crippen molar-refractivity contribution >= 4 is 17.7 Å². The van der Waals surface area contributed by atoms with E-state index < -0.39 is 11.9 Å². The van der Waals surface area contributed by atoms with Crippen molar-refractivity contribution in [3.63, 3.8) is 0 Å². The Morgan fingerprint density at radius 2 is 1.38 bits per heavy atom. The predicted octanol–water partition coefficient (Wildman–Crippen LogP) is 8.08. The highest BCUT2D eigenvalue weighted by Gasteiger charge is 2.20. The van der Waals surface area contributed by atoms with Gasteiger partial charge in [0, 0.05) is 23.2 Å². The van der Waals surface area contributed by atoms with Gasteiger partial charge < -0.3 is 20.0 Å². The smallest absolute Gasteiger partial charge is 0.304 e. The summed E-state index contributed by atoms with van der Waals surface area (Å²) in [6.07, 6.45) is 17.2. The van der Waals surface area contributed by atoms with Crippen LogP contribution < -0.4 is 5.32 Å². The second kappa shape index (κ2) is 24.8. The Morgan fingerprint density at radius 3 is 2.00 bits per heavy atom. The van der Waals surface area contributed by atoms with Crippen molar-refractivity contribution in [3.8, 4) is 0 Å². The Kier molecular flexibility index (Phi) is 20.7. The molecule has 1 amide bonds. The molecule has 0 bridgehead atoms. The molecule has 0 aliphatic heterocycles. The van der Waals surface area contributed by atoms with Gasteiger partial charge in [-0.05, 0) is 17.0 Å². The van der Waals surface area contributed by atoms with Crippen LogP contribution in [0.25, 0.3) is 0 Å². The highest BCUT2D eigenvalue weighted by molar-refractivity contribution is 6.08. The molecule has 2 N–H and O–H groups in total. The van der Waals surface area contributed by atoms with E-state index in [0.29, 0.717) is 24.2 Å². The topological polar surface area (TPSA) is 120 Å². The quantitative estimate of drug-likeness (QED) is 0.0336. The Balaban J connectivity index is 1.49. The van der Waals surface area contributed by atoms with E-state index in [1.165, 1.54) is 64.0 Å². The molecule has 1 atom stereocenters. The minimum Gasteiger partial charge on any atom is -0.481 e. The molecule has 0 spiro atoms. The molecular formula is C36H51NO8. The van der Waals surface area contributed by atoms with Crippen LogP contribution in [-0.2, 0) is 35.7 Å². The number of benzene rings is 2. The number of nitrogens with one attached hydrogen (secondary N) is 1. The van der Waals surface area contributed by atoms with Crippen LogP contribution in [-0.4, -0.2) is 36.0 Å². The lowest BCUT2D eigenvalue weighted by Crippen LogP contribution is -2.28. The molecule has 0 aromatic heterocycles. The van der Waals surface area contributed by atoms with Crippen LogP contribution in [0.5, 0.6) is 0 Å². The standard InChI is InChI=1S/C36H51NO8/c1-2-3-4-5-6-7-8-9-10-11-12-14-19-33(28-34(38)39)36(41)37-24-25-43-45-44-27-26-42-29-30-20-22-32(23-21-30)35(40)31-17-15-13-16-18-31/h13,15-18,20-25,33H,2-12,14,19,26-29H2,1H3,(H,37,41)(H,38,39)/b25-24+. The first-order chi connectivity index (χ1) is 22.0. The Morgan fingerprint density at radius 1 is 0.778 bits per heavy atom. The fraction of sp³-hybridized carbons (Fsp3) is 0.528. The first kappa shape index (κ1) is 37.7. The molecule has 248 valence electrons. The van der Waals surface area contributed by atoms with Crippen LogP contribution in [0, 0.1) is 5.92 Å². The zero-order chi connectivity index (χ0) is 32.4. The molecular weight excluding hydrogens is 574 g/mol. The molecule has 2 aromatic carbocycles. The van der Waals surface area contributed by atoms with Gasteiger partial charge in [-0.2, -0.15) is 4.89 Å². The van der Waals surface area contributed by atoms with E-state index in [0.717, 1.165) is 31.1 Å². The van der Waals surface area contributed by atoms with Gasteiger partial charge in [0.1, 0.15) is 12.9 Å². The minimum absolute atomic E-state index is 0.0304. The lowest BCUT2D eigenvalue weighted by molar-refractivity contribution is -0.491. The Hall–Kier alpha value is -3.53. The molecule has 9 heteroatoms. The van der Waals surface area contributed by atoms with Gasteiger partial charge in [-0.15, -0.1) is 0 Å². The van der Waals surface area contributed by atoms with Crippen LogP contribution >= 0.6 is 0 Å². The van der Waals surface area contributed by atoms with E-state index in [1.54, 1.807) is 24.3 Å². The molecule has 9 nitrogen and oxygen atoms in total. The van der Waals surface area contributed by atoms with Crippen LogP contribution in [0.2, 0.25) is 0 Å². The third-order valence-corrected chi connectivity index (χ3v) is 7.47. The SMILES string of the molecule is CCCCCCCCCCCCCCC(CC(=O)O)C(=O)N/C=C/OOOCCOCc1ccc(C(=O)c2ccccc2)cc1. The third-order valence-electron chi connectivity index (χ3n) is 7.47. The number of hydrogen-bond acceptors (Lipinski definition) is 7. The zero-order valence-corrected chi connectivity index (χ0v) is 26.8. The number of carboxylic acid groups (broad SMARTS) is 1. The molecule has 0 aliphatic rings. The van der Waals surface area contributed by atoms with Gasteiger partial charge in [0.25, 0.3) is 0 Å². The maximum absolute atomic E-state index is 12.5. The zero-order valence-electron chi connectivity index (χ0n) is 26.8. The van der Waals surface area contributed by atoms with E-state index in [1.807, 2.05) is 30.3 Å². The number of ketones is 1. The van der Waals surface area contributed by atoms with Crippen molar-refractivity contribution in [1.82, 2.24) is 5.32 Å². The fourth-order valence-electron chi connectivity index (χ4n) is 4.91. The summed E-state index contributed by atoms with van der Waals surface area (Å²) < 4.78 is 5.54. The normalized spacial score (nSPS) is 11.8. The van der Waals surface area contributed by atoms with Crippen LogP contribution in [0.3, 0.4) is 0 Å². The second-order valence-electron chi connectivity index (χ2n) is 11.2. The highest BCUT2D eigenvalue weighted by atomic mass is 17.5. The largest absolute Gasteiger partial charge is 0.481 e. The minimum atomic E-state index is -0.997. The van der Waals surface area contributed by atoms with E-state index in [9.17, 15) is 19.5 Å². The predicted molar refractivity (Wildman–Crippen MR) is 173 cm³/mol. The van der Waals surface area contributed by atoms with Gasteiger partial charge in [-0.3, -0.25) is 14.4 Å². The fourth-order valence-corrected chi connectivity index (χ4v) is 4.91. The van der Waals surface area contributed by atoms with Crippen LogP contribution in [0.4, 0.5) is 0 Å². The number of amides is 1. The molecule has 0 fully saturated rings. The van der Waals surface area contributed by atoms with Crippen LogP contribution in [0.15, 0.2) is 67.1 Å². The number of rotatable bonds is 27. The summed E-state index contributed by atoms with van der Waals surface area (Å²) in [4.78, 5) is 45.8. The number of hydrogen-bond donors (Lipinski definition) is 2. The van der Waals surface area contributed by atoms with Gasteiger partial charge in [0.05, 0.1) is 19.6 Å². The van der Waals surface area contributed by atoms with Crippen molar-refractivity contribution in [3.05, 3.63) is 83.7 Å². The maximum atomic E-state index is 12.5. The van der Waals surface area contributed by atoms with Crippen molar-refractivity contribution in [2.24, 2.45) is 5.92 Å². The molecule has 2 rings (SSSR count). The average molecular weight is 626 g/mol. The van der Waals surface area contributed by atoms with Gasteiger partial charge in [-0.25, -0.2) is 0 Å². The van der Waals surface area contributed by atoms with Crippen molar-refractivity contribution < 1.29 is 39.0 Å². The summed E-state index contributed by atoms with van der Waals surface area (Å²) in [5, 5.41) is 16.3. The number of ether oxygens (including phenoxy) is 1. The summed E-state index contributed by atoms with van der Waals surface area (Å²) in [7, 11) is 0. The molecule has 45 heavy (non-hydrogen) atoms. The van der Waals surface area contributed by atoms with E-state index in [2.05, 4.69) is 17.3 Å². The molecule has 0 saturated heterocycles. The van der Waals surface area contributed by atoms with E-state index in [-0.39, 0.29) is 31.3 Å². The number of carbonyl (C=O) groups excluding carboxylic acids is 2. The lowest BCUT2D eigenvalue weighted by atomic mass is 9.96. The van der Waals surface area contributed by atoms with Gasteiger partial charge >= 0.3 is 5.97 Å². The van der Waals surface area contributed by atoms with Gasteiger partial charge in [0.15, 0.2) is 5.78 Å². The van der Waals surface area contributed by atoms with Crippen molar-refractivity contribution in [2.45, 2.75) is 103 Å².